The van der Waals surface area contributed by atoms with Crippen molar-refractivity contribution in [2.75, 3.05) is 20.2 Å². The number of hydrogen-bond donors (Lipinski definition) is 0. The van der Waals surface area contributed by atoms with Gasteiger partial charge in [0.05, 0.1) is 17.3 Å². The van der Waals surface area contributed by atoms with E-state index in [-0.39, 0.29) is 11.3 Å². The fourth-order valence-corrected chi connectivity index (χ4v) is 4.67. The van der Waals surface area contributed by atoms with Crippen molar-refractivity contribution in [2.24, 2.45) is 5.41 Å². The highest BCUT2D eigenvalue weighted by molar-refractivity contribution is 7.92. The number of amides is 1. The summed E-state index contributed by atoms with van der Waals surface area (Å²) in [7, 11) is -1.82. The molecule has 134 valence electrons. The van der Waals surface area contributed by atoms with E-state index in [9.17, 15) is 13.2 Å². The molecule has 1 aromatic rings. The summed E-state index contributed by atoms with van der Waals surface area (Å²) in [5, 5.41) is -0.426. The molecule has 0 atom stereocenters. The first kappa shape index (κ1) is 18.8. The van der Waals surface area contributed by atoms with Crippen LogP contribution in [0.25, 0.3) is 0 Å². The maximum absolute atomic E-state index is 12.7. The number of piperidine rings is 1. The van der Waals surface area contributed by atoms with Gasteiger partial charge in [0.1, 0.15) is 5.75 Å². The zero-order valence-electron chi connectivity index (χ0n) is 14.9. The molecular formula is C18H27NO4S. The van der Waals surface area contributed by atoms with Crippen LogP contribution in [0, 0.1) is 5.41 Å². The van der Waals surface area contributed by atoms with Crippen molar-refractivity contribution in [2.45, 2.75) is 50.2 Å². The molecule has 0 unspecified atom stereocenters. The molecule has 0 saturated carbocycles. The van der Waals surface area contributed by atoms with Crippen LogP contribution in [0.1, 0.15) is 40.0 Å². The van der Waals surface area contributed by atoms with Crippen LogP contribution in [0.2, 0.25) is 0 Å². The summed E-state index contributed by atoms with van der Waals surface area (Å²) in [6.07, 6.45) is 1.47. The average Bonchev–Trinajstić information content (AvgIpc) is 2.53. The summed E-state index contributed by atoms with van der Waals surface area (Å²) >= 11 is 0. The first-order chi connectivity index (χ1) is 11.1. The van der Waals surface area contributed by atoms with Gasteiger partial charge >= 0.3 is 0 Å². The van der Waals surface area contributed by atoms with E-state index < -0.39 is 15.1 Å². The Morgan fingerprint density at radius 1 is 1.17 bits per heavy atom. The summed E-state index contributed by atoms with van der Waals surface area (Å²) < 4.78 is 30.6. The van der Waals surface area contributed by atoms with Crippen molar-refractivity contribution in [3.63, 3.8) is 0 Å². The van der Waals surface area contributed by atoms with Crippen LogP contribution in [0.5, 0.6) is 5.75 Å². The molecule has 1 saturated heterocycles. The number of ether oxygens (including phenoxy) is 1. The van der Waals surface area contributed by atoms with Gasteiger partial charge in [-0.1, -0.05) is 20.8 Å². The molecular weight excluding hydrogens is 326 g/mol. The Labute approximate surface area is 144 Å². The van der Waals surface area contributed by atoms with E-state index in [1.165, 1.54) is 0 Å². The molecule has 24 heavy (non-hydrogen) atoms. The average molecular weight is 353 g/mol. The lowest BCUT2D eigenvalue weighted by Crippen LogP contribution is -2.43. The predicted octanol–water partition coefficient (Wildman–Crippen LogP) is 2.90. The molecule has 0 N–H and O–H groups in total. The zero-order valence-corrected chi connectivity index (χ0v) is 15.7. The van der Waals surface area contributed by atoms with Crippen molar-refractivity contribution in [1.82, 2.24) is 4.90 Å². The Bertz CT molecular complexity index is 666. The minimum Gasteiger partial charge on any atom is -0.497 e. The Kier molecular flexibility index (Phi) is 5.58. The van der Waals surface area contributed by atoms with Gasteiger partial charge in [-0.2, -0.15) is 0 Å². The highest BCUT2D eigenvalue weighted by Gasteiger charge is 2.33. The molecule has 1 aliphatic heterocycles. The number of carbonyl (C=O) groups excluding carboxylic acids is 1. The van der Waals surface area contributed by atoms with E-state index >= 15 is 0 Å². The minimum atomic E-state index is -3.36. The lowest BCUT2D eigenvalue weighted by Gasteiger charge is -2.33. The van der Waals surface area contributed by atoms with Gasteiger partial charge in [-0.25, -0.2) is 8.42 Å². The van der Waals surface area contributed by atoms with Gasteiger partial charge in [0.2, 0.25) is 5.91 Å². The van der Waals surface area contributed by atoms with Crippen molar-refractivity contribution in [3.05, 3.63) is 24.3 Å². The summed E-state index contributed by atoms with van der Waals surface area (Å²) in [5.41, 5.74) is -0.0525. The molecule has 1 amide bonds. The van der Waals surface area contributed by atoms with Gasteiger partial charge in [-0.15, -0.1) is 0 Å². The fourth-order valence-electron chi connectivity index (χ4n) is 2.94. The smallest absolute Gasteiger partial charge is 0.223 e. The lowest BCUT2D eigenvalue weighted by molar-refractivity contribution is -0.133. The van der Waals surface area contributed by atoms with Gasteiger partial charge in [0.25, 0.3) is 0 Å². The molecule has 1 aromatic carbocycles. The molecule has 2 rings (SSSR count). The molecule has 0 radical (unpaired) electrons. The SMILES string of the molecule is COc1ccc(S(=O)(=O)C2CCN(C(=O)CC(C)(C)C)CC2)cc1. The third kappa shape index (κ3) is 4.50. The van der Waals surface area contributed by atoms with Crippen LogP contribution in [-0.2, 0) is 14.6 Å². The standard InChI is InChI=1S/C18H27NO4S/c1-18(2,3)13-17(20)19-11-9-16(10-12-19)24(21,22)15-7-5-14(23-4)6-8-15/h5-8,16H,9-13H2,1-4H3. The Balaban J connectivity index is 2.01. The van der Waals surface area contributed by atoms with Gasteiger partial charge in [-0.3, -0.25) is 4.79 Å². The number of nitrogens with zero attached hydrogens (tertiary/aromatic N) is 1. The molecule has 0 bridgehead atoms. The number of benzene rings is 1. The van der Waals surface area contributed by atoms with Crippen LogP contribution in [0.3, 0.4) is 0 Å². The fraction of sp³-hybridized carbons (Fsp3) is 0.611. The maximum atomic E-state index is 12.7. The molecule has 0 aliphatic carbocycles. The number of sulfone groups is 1. The summed E-state index contributed by atoms with van der Waals surface area (Å²) in [6, 6.07) is 6.50. The number of methoxy groups -OCH3 is 1. The van der Waals surface area contributed by atoms with Gasteiger partial charge in [-0.05, 0) is 42.5 Å². The maximum Gasteiger partial charge on any atom is 0.223 e. The second kappa shape index (κ2) is 7.13. The van der Waals surface area contributed by atoms with Crippen LogP contribution in [0.15, 0.2) is 29.2 Å². The van der Waals surface area contributed by atoms with Crippen molar-refractivity contribution in [3.8, 4) is 5.75 Å². The second-order valence-corrected chi connectivity index (χ2v) is 9.77. The lowest BCUT2D eigenvalue weighted by atomic mass is 9.91. The Hall–Kier alpha value is -1.56. The molecule has 1 aliphatic rings. The van der Waals surface area contributed by atoms with Crippen LogP contribution >= 0.6 is 0 Å². The molecule has 0 aromatic heterocycles. The molecule has 6 heteroatoms. The highest BCUT2D eigenvalue weighted by Crippen LogP contribution is 2.27. The van der Waals surface area contributed by atoms with E-state index in [0.717, 1.165) is 0 Å². The van der Waals surface area contributed by atoms with Crippen molar-refractivity contribution >= 4 is 15.7 Å². The second-order valence-electron chi connectivity index (χ2n) is 7.54. The first-order valence-electron chi connectivity index (χ1n) is 8.29. The minimum absolute atomic E-state index is 0.0525. The van der Waals surface area contributed by atoms with Crippen molar-refractivity contribution < 1.29 is 17.9 Å². The highest BCUT2D eigenvalue weighted by atomic mass is 32.2. The summed E-state index contributed by atoms with van der Waals surface area (Å²) in [5.74, 6) is 0.749. The van der Waals surface area contributed by atoms with E-state index in [4.69, 9.17) is 4.74 Å². The quantitative estimate of drug-likeness (QED) is 0.835. The summed E-state index contributed by atoms with van der Waals surface area (Å²) in [6.45, 7) is 7.12. The van der Waals surface area contributed by atoms with E-state index in [1.807, 2.05) is 20.8 Å². The Morgan fingerprint density at radius 2 is 1.71 bits per heavy atom. The Morgan fingerprint density at radius 3 is 2.17 bits per heavy atom. The molecule has 0 spiro atoms. The largest absolute Gasteiger partial charge is 0.497 e. The van der Waals surface area contributed by atoms with E-state index in [0.29, 0.717) is 43.0 Å². The number of rotatable bonds is 4. The van der Waals surface area contributed by atoms with Crippen LogP contribution in [-0.4, -0.2) is 44.7 Å². The monoisotopic (exact) mass is 353 g/mol. The normalized spacial score (nSPS) is 16.9. The topological polar surface area (TPSA) is 63.7 Å². The third-order valence-electron chi connectivity index (χ3n) is 4.30. The van der Waals surface area contributed by atoms with E-state index in [2.05, 4.69) is 0 Å². The molecule has 5 nitrogen and oxygen atoms in total. The van der Waals surface area contributed by atoms with Gasteiger partial charge in [0.15, 0.2) is 9.84 Å². The first-order valence-corrected chi connectivity index (χ1v) is 9.84. The summed E-state index contributed by atoms with van der Waals surface area (Å²) in [4.78, 5) is 14.4. The molecule has 1 fully saturated rings. The zero-order chi connectivity index (χ0) is 18.0. The van der Waals surface area contributed by atoms with Gasteiger partial charge in [0, 0.05) is 19.5 Å². The number of carbonyl (C=O) groups is 1. The number of hydrogen-bond acceptors (Lipinski definition) is 4. The van der Waals surface area contributed by atoms with Crippen LogP contribution < -0.4 is 4.74 Å². The number of likely N-dealkylation sites (tertiary alicyclic amines) is 1. The third-order valence-corrected chi connectivity index (χ3v) is 6.58. The van der Waals surface area contributed by atoms with E-state index in [1.54, 1.807) is 36.3 Å². The van der Waals surface area contributed by atoms with Crippen molar-refractivity contribution in [1.29, 1.82) is 0 Å². The predicted molar refractivity (Wildman–Crippen MR) is 93.9 cm³/mol. The van der Waals surface area contributed by atoms with Gasteiger partial charge < -0.3 is 9.64 Å². The van der Waals surface area contributed by atoms with Crippen LogP contribution in [0.4, 0.5) is 0 Å². The molecule has 1 heterocycles.